The molecule has 2 heterocycles. The van der Waals surface area contributed by atoms with Crippen LogP contribution in [-0.4, -0.2) is 28.6 Å². The van der Waals surface area contributed by atoms with Crippen LogP contribution < -0.4 is 4.90 Å². The maximum atomic E-state index is 13.8. The molecular formula is C25H27N3OS2. The van der Waals surface area contributed by atoms with Crippen LogP contribution >= 0.6 is 23.5 Å². The Hall–Kier alpha value is -2.18. The van der Waals surface area contributed by atoms with Crippen LogP contribution in [0.5, 0.6) is 0 Å². The number of hydrogen-bond acceptors (Lipinski definition) is 5. The second-order valence-electron chi connectivity index (χ2n) is 8.20. The molecule has 6 heteroatoms. The monoisotopic (exact) mass is 449 g/mol. The predicted molar refractivity (Wildman–Crippen MR) is 132 cm³/mol. The minimum Gasteiger partial charge on any atom is -0.334 e. The first-order chi connectivity index (χ1) is 15.2. The van der Waals surface area contributed by atoms with Gasteiger partial charge in [-0.25, -0.2) is 4.99 Å². The summed E-state index contributed by atoms with van der Waals surface area (Å²) in [6.07, 6.45) is 5.76. The Kier molecular flexibility index (Phi) is 5.85. The van der Waals surface area contributed by atoms with Gasteiger partial charge in [0, 0.05) is 17.5 Å². The van der Waals surface area contributed by atoms with E-state index in [1.807, 2.05) is 23.1 Å². The zero-order valence-corrected chi connectivity index (χ0v) is 19.6. The molecule has 2 aromatic carbocycles. The fraction of sp³-hybridized carbons (Fsp3) is 0.360. The first-order valence-electron chi connectivity index (χ1n) is 11.1. The lowest BCUT2D eigenvalue weighted by atomic mass is 9.94. The lowest BCUT2D eigenvalue weighted by Gasteiger charge is -2.30. The van der Waals surface area contributed by atoms with Gasteiger partial charge < -0.3 is 4.90 Å². The van der Waals surface area contributed by atoms with Gasteiger partial charge in [-0.2, -0.15) is 0 Å². The number of hydrogen-bond donors (Lipinski definition) is 0. The first kappa shape index (κ1) is 20.7. The molecule has 2 aromatic rings. The molecule has 31 heavy (non-hydrogen) atoms. The summed E-state index contributed by atoms with van der Waals surface area (Å²) in [5.41, 5.74) is 3.27. The highest BCUT2D eigenvalue weighted by Crippen LogP contribution is 2.51. The van der Waals surface area contributed by atoms with Crippen LogP contribution in [0.1, 0.15) is 44.6 Å². The normalized spacial score (nSPS) is 23.2. The predicted octanol–water partition coefficient (Wildman–Crippen LogP) is 6.69. The molecule has 3 aliphatic rings. The second-order valence-corrected chi connectivity index (χ2v) is 10.2. The molecule has 2 aliphatic heterocycles. The fourth-order valence-electron chi connectivity index (χ4n) is 4.56. The molecule has 0 unspecified atom stereocenters. The Morgan fingerprint density at radius 1 is 1.00 bits per heavy atom. The van der Waals surface area contributed by atoms with Crippen molar-refractivity contribution in [1.29, 1.82) is 0 Å². The molecule has 1 saturated carbocycles. The Bertz CT molecular complexity index is 1070. The minimum absolute atomic E-state index is 0.123. The number of aliphatic imine (C=N–C) groups is 1. The molecule has 1 amide bonds. The van der Waals surface area contributed by atoms with E-state index in [2.05, 4.69) is 49.1 Å². The van der Waals surface area contributed by atoms with Crippen molar-refractivity contribution in [1.82, 2.24) is 4.90 Å². The van der Waals surface area contributed by atoms with Crippen molar-refractivity contribution in [3.63, 3.8) is 0 Å². The Labute approximate surface area is 192 Å². The molecule has 2 fully saturated rings. The fourth-order valence-corrected chi connectivity index (χ4v) is 7.01. The summed E-state index contributed by atoms with van der Waals surface area (Å²) in [7, 11) is 0. The Morgan fingerprint density at radius 3 is 2.52 bits per heavy atom. The van der Waals surface area contributed by atoms with Gasteiger partial charge in [-0.1, -0.05) is 61.4 Å². The molecule has 5 rings (SSSR count). The highest BCUT2D eigenvalue weighted by atomic mass is 32.2. The average Bonchev–Trinajstić information content (AvgIpc) is 3.32. The molecule has 4 nitrogen and oxygen atoms in total. The van der Waals surface area contributed by atoms with Crippen molar-refractivity contribution >= 4 is 46.0 Å². The summed E-state index contributed by atoms with van der Waals surface area (Å²) in [6.45, 7) is 5.06. The number of thioether (sulfide) groups is 2. The maximum Gasteiger partial charge on any atom is 0.269 e. The number of carbonyl (C=O) groups is 1. The Morgan fingerprint density at radius 2 is 1.74 bits per heavy atom. The van der Waals surface area contributed by atoms with Gasteiger partial charge in [-0.15, -0.1) is 0 Å². The van der Waals surface area contributed by atoms with Crippen molar-refractivity contribution in [3.05, 3.63) is 64.0 Å². The van der Waals surface area contributed by atoms with E-state index in [-0.39, 0.29) is 11.9 Å². The summed E-state index contributed by atoms with van der Waals surface area (Å²) in [6, 6.07) is 16.8. The van der Waals surface area contributed by atoms with Crippen LogP contribution in [0.25, 0.3) is 0 Å². The third-order valence-corrected chi connectivity index (χ3v) is 8.56. The maximum absolute atomic E-state index is 13.8. The number of carbonyl (C=O) groups excluding carboxylic acids is 1. The highest BCUT2D eigenvalue weighted by molar-refractivity contribution is 8.19. The van der Waals surface area contributed by atoms with Gasteiger partial charge >= 0.3 is 0 Å². The number of para-hydroxylation sites is 2. The smallest absolute Gasteiger partial charge is 0.269 e. The average molecular weight is 450 g/mol. The third kappa shape index (κ3) is 3.80. The number of benzene rings is 2. The number of rotatable bonds is 3. The zero-order chi connectivity index (χ0) is 21.4. The minimum atomic E-state index is 0.123. The summed E-state index contributed by atoms with van der Waals surface area (Å²) < 4.78 is 0. The van der Waals surface area contributed by atoms with Gasteiger partial charge in [0.15, 0.2) is 5.17 Å². The van der Waals surface area contributed by atoms with Crippen LogP contribution in [0.3, 0.4) is 0 Å². The van der Waals surface area contributed by atoms with E-state index >= 15 is 0 Å². The SMILES string of the molecule is CCN1/C(=C2/SC(=Nc3ccccc3C)N(C3CCCCC3)C2=O)Sc2ccccc21. The largest absolute Gasteiger partial charge is 0.334 e. The molecule has 160 valence electrons. The summed E-state index contributed by atoms with van der Waals surface area (Å²) in [5.74, 6) is 0.123. The van der Waals surface area contributed by atoms with Crippen molar-refractivity contribution in [3.8, 4) is 0 Å². The van der Waals surface area contributed by atoms with Gasteiger partial charge in [0.1, 0.15) is 9.93 Å². The van der Waals surface area contributed by atoms with Crippen LogP contribution in [-0.2, 0) is 4.79 Å². The third-order valence-electron chi connectivity index (χ3n) is 6.20. The summed E-state index contributed by atoms with van der Waals surface area (Å²) >= 11 is 3.27. The van der Waals surface area contributed by atoms with Crippen LogP contribution in [0, 0.1) is 6.92 Å². The van der Waals surface area contributed by atoms with Gasteiger partial charge in [0.05, 0.1) is 11.4 Å². The van der Waals surface area contributed by atoms with Gasteiger partial charge in [-0.05, 0) is 62.2 Å². The molecular weight excluding hydrogens is 422 g/mol. The number of amidine groups is 1. The van der Waals surface area contributed by atoms with E-state index in [0.717, 1.165) is 45.7 Å². The first-order valence-corrected chi connectivity index (χ1v) is 12.7. The van der Waals surface area contributed by atoms with Gasteiger partial charge in [-0.3, -0.25) is 9.69 Å². The quantitative estimate of drug-likeness (QED) is 0.489. The van der Waals surface area contributed by atoms with Crippen LogP contribution in [0.15, 0.2) is 68.4 Å². The van der Waals surface area contributed by atoms with Gasteiger partial charge in [0.25, 0.3) is 5.91 Å². The number of aryl methyl sites for hydroxylation is 1. The van der Waals surface area contributed by atoms with E-state index in [1.165, 1.54) is 29.8 Å². The van der Waals surface area contributed by atoms with Crippen molar-refractivity contribution in [2.75, 3.05) is 11.4 Å². The number of fused-ring (bicyclic) bond motifs is 1. The van der Waals surface area contributed by atoms with E-state index < -0.39 is 0 Å². The highest BCUT2D eigenvalue weighted by Gasteiger charge is 2.42. The number of anilines is 1. The van der Waals surface area contributed by atoms with E-state index in [0.29, 0.717) is 0 Å². The molecule has 0 N–H and O–H groups in total. The van der Waals surface area contributed by atoms with E-state index in [4.69, 9.17) is 4.99 Å². The number of nitrogens with zero attached hydrogens (tertiary/aromatic N) is 3. The van der Waals surface area contributed by atoms with Gasteiger partial charge in [0.2, 0.25) is 0 Å². The lowest BCUT2D eigenvalue weighted by Crippen LogP contribution is -2.40. The zero-order valence-electron chi connectivity index (χ0n) is 18.0. The van der Waals surface area contributed by atoms with Crippen molar-refractivity contribution in [2.45, 2.75) is 56.9 Å². The molecule has 0 aromatic heterocycles. The molecule has 1 saturated heterocycles. The van der Waals surface area contributed by atoms with E-state index in [9.17, 15) is 4.79 Å². The van der Waals surface area contributed by atoms with Crippen molar-refractivity contribution < 1.29 is 4.79 Å². The lowest BCUT2D eigenvalue weighted by molar-refractivity contribution is -0.124. The van der Waals surface area contributed by atoms with Crippen molar-refractivity contribution in [2.24, 2.45) is 4.99 Å². The van der Waals surface area contributed by atoms with Crippen LogP contribution in [0.2, 0.25) is 0 Å². The summed E-state index contributed by atoms with van der Waals surface area (Å²) in [5, 5.41) is 1.89. The molecule has 1 aliphatic carbocycles. The standard InChI is InChI=1S/C25H27N3OS2/c1-3-27-20-15-9-10-16-21(20)30-24(27)22-23(29)28(18-12-5-4-6-13-18)25(31-22)26-19-14-8-7-11-17(19)2/h7-11,14-16,18H,3-6,12-13H2,1-2H3/b24-22-,26-25?. The summed E-state index contributed by atoms with van der Waals surface area (Å²) in [4.78, 5) is 25.1. The number of amides is 1. The van der Waals surface area contributed by atoms with Crippen LogP contribution in [0.4, 0.5) is 11.4 Å². The topological polar surface area (TPSA) is 35.9 Å². The van der Waals surface area contributed by atoms with E-state index in [1.54, 1.807) is 23.5 Å². The second kappa shape index (κ2) is 8.75. The Balaban J connectivity index is 1.58. The molecule has 0 atom stereocenters. The molecule has 0 radical (unpaired) electrons. The molecule has 0 spiro atoms. The molecule has 0 bridgehead atoms.